The summed E-state index contributed by atoms with van der Waals surface area (Å²) in [5, 5.41) is 2.73. The first-order chi connectivity index (χ1) is 6.24. The molecule has 0 heterocycles. The Morgan fingerprint density at radius 1 is 1.77 bits per heavy atom. The normalized spacial score (nSPS) is 21.1. The maximum absolute atomic E-state index is 11.4. The average molecular weight is 180 g/mol. The summed E-state index contributed by atoms with van der Waals surface area (Å²) in [6, 6.07) is 0. The summed E-state index contributed by atoms with van der Waals surface area (Å²) in [4.78, 5) is 11.4. The summed E-state index contributed by atoms with van der Waals surface area (Å²) >= 11 is 0. The third-order valence-corrected chi connectivity index (χ3v) is 2.01. The van der Waals surface area contributed by atoms with Gasteiger partial charge in [0.05, 0.1) is 0 Å². The molecule has 0 aromatic heterocycles. The molecular weight excluding hydrogens is 164 g/mol. The van der Waals surface area contributed by atoms with Crippen LogP contribution in [0.4, 0.5) is 0 Å². The summed E-state index contributed by atoms with van der Waals surface area (Å²) in [5.41, 5.74) is 6.03. The first-order valence-corrected chi connectivity index (χ1v) is 4.60. The number of hydrogen-bond acceptors (Lipinski definition) is 2. The van der Waals surface area contributed by atoms with Gasteiger partial charge in [-0.1, -0.05) is 25.2 Å². The summed E-state index contributed by atoms with van der Waals surface area (Å²) in [6.45, 7) is 3.15. The molecule has 1 amide bonds. The Bertz CT molecular complexity index is 243. The molecule has 0 aliphatic heterocycles. The fraction of sp³-hybridized carbons (Fsp3) is 0.500. The van der Waals surface area contributed by atoms with Gasteiger partial charge in [-0.25, -0.2) is 0 Å². The lowest BCUT2D eigenvalue weighted by Gasteiger charge is -2.11. The molecule has 3 heteroatoms. The molecule has 0 saturated heterocycles. The molecule has 72 valence electrons. The van der Waals surface area contributed by atoms with Crippen LogP contribution in [0.3, 0.4) is 0 Å². The van der Waals surface area contributed by atoms with Gasteiger partial charge in [-0.15, -0.1) is 0 Å². The van der Waals surface area contributed by atoms with E-state index in [-0.39, 0.29) is 5.91 Å². The lowest BCUT2D eigenvalue weighted by Crippen LogP contribution is -2.30. The van der Waals surface area contributed by atoms with E-state index in [1.54, 1.807) is 0 Å². The van der Waals surface area contributed by atoms with E-state index < -0.39 is 0 Å². The highest BCUT2D eigenvalue weighted by Crippen LogP contribution is 2.15. The zero-order valence-electron chi connectivity index (χ0n) is 7.92. The van der Waals surface area contributed by atoms with Crippen molar-refractivity contribution in [2.24, 2.45) is 11.7 Å². The van der Waals surface area contributed by atoms with Gasteiger partial charge < -0.3 is 11.1 Å². The summed E-state index contributed by atoms with van der Waals surface area (Å²) in [7, 11) is 0. The second kappa shape index (κ2) is 4.82. The highest BCUT2D eigenvalue weighted by molar-refractivity contribution is 5.96. The summed E-state index contributed by atoms with van der Waals surface area (Å²) < 4.78 is 0. The third kappa shape index (κ3) is 3.03. The standard InChI is InChI=1S/C10H16N2O/c1-8-2-4-9(5-3-8)10(13)12-7-6-11/h2,4-5,8H,3,6-7,11H2,1H3,(H,12,13). The molecule has 0 bridgehead atoms. The Morgan fingerprint density at radius 2 is 2.54 bits per heavy atom. The molecule has 3 nitrogen and oxygen atoms in total. The predicted octanol–water partition coefficient (Wildman–Crippen LogP) is 0.584. The van der Waals surface area contributed by atoms with Crippen LogP contribution in [-0.4, -0.2) is 19.0 Å². The second-order valence-corrected chi connectivity index (χ2v) is 3.28. The van der Waals surface area contributed by atoms with Gasteiger partial charge in [-0.05, 0) is 12.3 Å². The number of hydrogen-bond donors (Lipinski definition) is 2. The number of rotatable bonds is 3. The van der Waals surface area contributed by atoms with Crippen molar-refractivity contribution in [2.45, 2.75) is 13.3 Å². The molecule has 1 rings (SSSR count). The molecule has 1 atom stereocenters. The second-order valence-electron chi connectivity index (χ2n) is 3.28. The van der Waals surface area contributed by atoms with Gasteiger partial charge in [-0.2, -0.15) is 0 Å². The van der Waals surface area contributed by atoms with E-state index in [1.165, 1.54) is 0 Å². The van der Waals surface area contributed by atoms with Crippen LogP contribution in [0.5, 0.6) is 0 Å². The quantitative estimate of drug-likeness (QED) is 0.667. The number of allylic oxidation sites excluding steroid dienone is 2. The van der Waals surface area contributed by atoms with E-state index >= 15 is 0 Å². The molecule has 13 heavy (non-hydrogen) atoms. The lowest BCUT2D eigenvalue weighted by atomic mass is 9.98. The number of amides is 1. The zero-order chi connectivity index (χ0) is 9.68. The first kappa shape index (κ1) is 9.99. The van der Waals surface area contributed by atoms with Crippen molar-refractivity contribution >= 4 is 5.91 Å². The number of nitrogens with two attached hydrogens (primary N) is 1. The van der Waals surface area contributed by atoms with Gasteiger partial charge in [0.25, 0.3) is 5.91 Å². The first-order valence-electron chi connectivity index (χ1n) is 4.60. The fourth-order valence-corrected chi connectivity index (χ4v) is 1.18. The van der Waals surface area contributed by atoms with Crippen LogP contribution in [0.1, 0.15) is 13.3 Å². The molecule has 3 N–H and O–H groups in total. The minimum absolute atomic E-state index is 0.0198. The highest BCUT2D eigenvalue weighted by atomic mass is 16.1. The van der Waals surface area contributed by atoms with Gasteiger partial charge in [0.1, 0.15) is 0 Å². The van der Waals surface area contributed by atoms with Crippen LogP contribution in [0.2, 0.25) is 0 Å². The average Bonchev–Trinajstić information content (AvgIpc) is 2.15. The number of carbonyl (C=O) groups excluding carboxylic acids is 1. The van der Waals surface area contributed by atoms with Crippen LogP contribution in [0, 0.1) is 5.92 Å². The largest absolute Gasteiger partial charge is 0.351 e. The lowest BCUT2D eigenvalue weighted by molar-refractivity contribution is -0.117. The van der Waals surface area contributed by atoms with Gasteiger partial charge in [-0.3, -0.25) is 4.79 Å². The van der Waals surface area contributed by atoms with Crippen molar-refractivity contribution in [1.29, 1.82) is 0 Å². The molecule has 0 radical (unpaired) electrons. The van der Waals surface area contributed by atoms with E-state index in [0.717, 1.165) is 12.0 Å². The molecule has 1 aliphatic carbocycles. The van der Waals surface area contributed by atoms with Crippen LogP contribution in [0.25, 0.3) is 0 Å². The maximum Gasteiger partial charge on any atom is 0.250 e. The molecule has 0 spiro atoms. The molecule has 1 aliphatic rings. The van der Waals surface area contributed by atoms with Crippen molar-refractivity contribution in [1.82, 2.24) is 5.32 Å². The Labute approximate surface area is 78.7 Å². The SMILES string of the molecule is CC1C=CC(C(=O)NCCN)=CC1. The van der Waals surface area contributed by atoms with Crippen molar-refractivity contribution < 1.29 is 4.79 Å². The Morgan fingerprint density at radius 3 is 3.08 bits per heavy atom. The number of carbonyl (C=O) groups is 1. The van der Waals surface area contributed by atoms with E-state index in [0.29, 0.717) is 19.0 Å². The Balaban J connectivity index is 2.44. The summed E-state index contributed by atoms with van der Waals surface area (Å²) in [5.74, 6) is 0.527. The highest BCUT2D eigenvalue weighted by Gasteiger charge is 2.09. The molecular formula is C10H16N2O. The van der Waals surface area contributed by atoms with Crippen LogP contribution < -0.4 is 11.1 Å². The van der Waals surface area contributed by atoms with Crippen molar-refractivity contribution in [3.05, 3.63) is 23.8 Å². The van der Waals surface area contributed by atoms with Crippen LogP contribution in [-0.2, 0) is 4.79 Å². The number of nitrogens with one attached hydrogen (secondary N) is 1. The van der Waals surface area contributed by atoms with Gasteiger partial charge in [0.2, 0.25) is 0 Å². The minimum Gasteiger partial charge on any atom is -0.351 e. The monoisotopic (exact) mass is 180 g/mol. The molecule has 1 unspecified atom stereocenters. The van der Waals surface area contributed by atoms with Crippen LogP contribution >= 0.6 is 0 Å². The van der Waals surface area contributed by atoms with Crippen molar-refractivity contribution in [3.63, 3.8) is 0 Å². The third-order valence-electron chi connectivity index (χ3n) is 2.01. The van der Waals surface area contributed by atoms with Crippen molar-refractivity contribution in [2.75, 3.05) is 13.1 Å². The summed E-state index contributed by atoms with van der Waals surface area (Å²) in [6.07, 6.45) is 6.84. The topological polar surface area (TPSA) is 55.1 Å². The van der Waals surface area contributed by atoms with Gasteiger partial charge in [0.15, 0.2) is 0 Å². The van der Waals surface area contributed by atoms with Gasteiger partial charge in [0, 0.05) is 18.7 Å². The predicted molar refractivity (Wildman–Crippen MR) is 53.1 cm³/mol. The Hall–Kier alpha value is -1.09. The molecule has 0 aromatic carbocycles. The molecule has 0 fully saturated rings. The van der Waals surface area contributed by atoms with E-state index in [9.17, 15) is 4.79 Å². The zero-order valence-corrected chi connectivity index (χ0v) is 7.92. The smallest absolute Gasteiger partial charge is 0.250 e. The van der Waals surface area contributed by atoms with E-state index in [2.05, 4.69) is 18.3 Å². The van der Waals surface area contributed by atoms with Crippen LogP contribution in [0.15, 0.2) is 23.8 Å². The molecule has 0 saturated carbocycles. The van der Waals surface area contributed by atoms with Crippen molar-refractivity contribution in [3.8, 4) is 0 Å². The Kier molecular flexibility index (Phi) is 3.71. The van der Waals surface area contributed by atoms with E-state index in [1.807, 2.05) is 12.2 Å². The minimum atomic E-state index is -0.0198. The van der Waals surface area contributed by atoms with Gasteiger partial charge >= 0.3 is 0 Å². The fourth-order valence-electron chi connectivity index (χ4n) is 1.18. The maximum atomic E-state index is 11.4. The molecule has 0 aromatic rings. The van der Waals surface area contributed by atoms with E-state index in [4.69, 9.17) is 5.73 Å².